The third kappa shape index (κ3) is 2.67. The van der Waals surface area contributed by atoms with Gasteiger partial charge in [-0.1, -0.05) is 13.8 Å². The number of rotatable bonds is 4. The molecule has 0 atom stereocenters. The summed E-state index contributed by atoms with van der Waals surface area (Å²) in [6.07, 6.45) is 1.39. The van der Waals surface area contributed by atoms with E-state index in [4.69, 9.17) is 0 Å². The number of benzene rings is 1. The molecule has 0 amide bonds. The largest absolute Gasteiger partial charge is 0.296 e. The van der Waals surface area contributed by atoms with E-state index in [1.807, 2.05) is 19.9 Å². The van der Waals surface area contributed by atoms with Crippen LogP contribution in [0.3, 0.4) is 0 Å². The summed E-state index contributed by atoms with van der Waals surface area (Å²) in [5.74, 6) is -0.484. The molecule has 0 fully saturated rings. The molecule has 0 radical (unpaired) electrons. The van der Waals surface area contributed by atoms with E-state index in [-0.39, 0.29) is 14.9 Å². The maximum atomic E-state index is 13.8. The average molecular weight is 389 g/mol. The topological polar surface area (TPSA) is 61.0 Å². The highest BCUT2D eigenvalue weighted by Crippen LogP contribution is 2.28. The minimum absolute atomic E-state index is 0.142. The Hall–Kier alpha value is -1.51. The quantitative estimate of drug-likeness (QED) is 0.456. The van der Waals surface area contributed by atoms with Crippen molar-refractivity contribution in [1.29, 1.82) is 0 Å². The van der Waals surface area contributed by atoms with E-state index in [1.54, 1.807) is 22.6 Å². The Kier molecular flexibility index (Phi) is 4.36. The van der Waals surface area contributed by atoms with Gasteiger partial charge in [-0.2, -0.15) is 5.10 Å². The van der Waals surface area contributed by atoms with E-state index in [9.17, 15) is 14.5 Å². The van der Waals surface area contributed by atoms with Crippen LogP contribution in [0.4, 0.5) is 10.1 Å². The first-order chi connectivity index (χ1) is 9.47. The lowest BCUT2D eigenvalue weighted by Crippen LogP contribution is -2.06. The molecule has 0 bridgehead atoms. The smallest absolute Gasteiger partial charge is 0.258 e. The van der Waals surface area contributed by atoms with Crippen LogP contribution < -0.4 is 0 Å². The molecule has 2 rings (SSSR count). The van der Waals surface area contributed by atoms with Gasteiger partial charge in [-0.05, 0) is 41.5 Å². The zero-order valence-electron chi connectivity index (χ0n) is 11.1. The van der Waals surface area contributed by atoms with Crippen molar-refractivity contribution in [2.24, 2.45) is 0 Å². The maximum absolute atomic E-state index is 13.8. The summed E-state index contributed by atoms with van der Waals surface area (Å²) in [4.78, 5) is 10.7. The molecule has 1 aromatic heterocycles. The SMILES string of the molecule is CCc1cc(CC)n(-c2cc(F)c(I)cc2[N+](=O)[O-])n1. The zero-order chi connectivity index (χ0) is 14.9. The summed E-state index contributed by atoms with van der Waals surface area (Å²) >= 11 is 1.74. The minimum atomic E-state index is -0.510. The normalized spacial score (nSPS) is 10.8. The van der Waals surface area contributed by atoms with Crippen LogP contribution in [0.25, 0.3) is 5.69 Å². The Morgan fingerprint density at radius 1 is 1.35 bits per heavy atom. The fourth-order valence-corrected chi connectivity index (χ4v) is 2.40. The summed E-state index contributed by atoms with van der Waals surface area (Å²) in [7, 11) is 0. The molecular weight excluding hydrogens is 376 g/mol. The summed E-state index contributed by atoms with van der Waals surface area (Å²) in [6.45, 7) is 3.89. The molecule has 7 heteroatoms. The number of hydrogen-bond donors (Lipinski definition) is 0. The molecule has 0 spiro atoms. The molecule has 5 nitrogen and oxygen atoms in total. The van der Waals surface area contributed by atoms with Gasteiger partial charge in [0.15, 0.2) is 0 Å². The van der Waals surface area contributed by atoms with Gasteiger partial charge in [-0.15, -0.1) is 0 Å². The van der Waals surface area contributed by atoms with Crippen LogP contribution in [0.1, 0.15) is 25.2 Å². The minimum Gasteiger partial charge on any atom is -0.258 e. The van der Waals surface area contributed by atoms with Gasteiger partial charge in [-0.25, -0.2) is 9.07 Å². The summed E-state index contributed by atoms with van der Waals surface area (Å²) in [5, 5.41) is 15.5. The standard InChI is InChI=1S/C13H13FIN3O2/c1-3-8-5-9(4-2)17(16-8)12-6-10(14)11(15)7-13(12)18(19)20/h5-7H,3-4H2,1-2H3. The summed E-state index contributed by atoms with van der Waals surface area (Å²) < 4.78 is 15.5. The van der Waals surface area contributed by atoms with Gasteiger partial charge in [0.2, 0.25) is 0 Å². The average Bonchev–Trinajstić information content (AvgIpc) is 2.84. The first kappa shape index (κ1) is 14.9. The van der Waals surface area contributed by atoms with Crippen molar-refractivity contribution in [2.45, 2.75) is 26.7 Å². The second-order valence-corrected chi connectivity index (χ2v) is 5.42. The Bertz CT molecular complexity index is 670. The van der Waals surface area contributed by atoms with E-state index in [1.165, 1.54) is 16.8 Å². The van der Waals surface area contributed by atoms with Crippen molar-refractivity contribution in [2.75, 3.05) is 0 Å². The van der Waals surface area contributed by atoms with Crippen molar-refractivity contribution in [3.63, 3.8) is 0 Å². The highest BCUT2D eigenvalue weighted by Gasteiger charge is 2.21. The third-order valence-electron chi connectivity index (χ3n) is 3.00. The van der Waals surface area contributed by atoms with Gasteiger partial charge in [0.1, 0.15) is 11.5 Å². The number of halogens is 2. The number of aryl methyl sites for hydroxylation is 2. The van der Waals surface area contributed by atoms with E-state index in [2.05, 4.69) is 5.10 Å². The number of hydrogen-bond acceptors (Lipinski definition) is 3. The van der Waals surface area contributed by atoms with Crippen LogP contribution in [0.5, 0.6) is 0 Å². The van der Waals surface area contributed by atoms with Crippen LogP contribution in [-0.2, 0) is 12.8 Å². The second-order valence-electron chi connectivity index (χ2n) is 4.26. The van der Waals surface area contributed by atoms with E-state index < -0.39 is 10.7 Å². The van der Waals surface area contributed by atoms with Crippen molar-refractivity contribution in [3.05, 3.63) is 49.1 Å². The molecule has 0 unspecified atom stereocenters. The van der Waals surface area contributed by atoms with Gasteiger partial charge in [0.05, 0.1) is 14.2 Å². The van der Waals surface area contributed by atoms with Crippen molar-refractivity contribution in [1.82, 2.24) is 9.78 Å². The van der Waals surface area contributed by atoms with Crippen LogP contribution in [-0.4, -0.2) is 14.7 Å². The number of nitro groups is 1. The van der Waals surface area contributed by atoms with Gasteiger partial charge in [-0.3, -0.25) is 10.1 Å². The third-order valence-corrected chi connectivity index (χ3v) is 3.83. The number of nitrogens with zero attached hydrogens (tertiary/aromatic N) is 3. The summed E-state index contributed by atoms with van der Waals surface area (Å²) in [5.41, 5.74) is 1.68. The fraction of sp³-hybridized carbons (Fsp3) is 0.308. The predicted molar refractivity (Wildman–Crippen MR) is 81.6 cm³/mol. The van der Waals surface area contributed by atoms with E-state index in [0.29, 0.717) is 6.42 Å². The molecule has 1 heterocycles. The molecule has 1 aromatic carbocycles. The molecule has 0 saturated heterocycles. The highest BCUT2D eigenvalue weighted by molar-refractivity contribution is 14.1. The lowest BCUT2D eigenvalue weighted by Gasteiger charge is -2.07. The number of nitro benzene ring substituents is 1. The Morgan fingerprint density at radius 3 is 2.60 bits per heavy atom. The molecular formula is C13H13FIN3O2. The molecule has 20 heavy (non-hydrogen) atoms. The monoisotopic (exact) mass is 389 g/mol. The van der Waals surface area contributed by atoms with Crippen LogP contribution in [0, 0.1) is 19.5 Å². The molecule has 0 N–H and O–H groups in total. The highest BCUT2D eigenvalue weighted by atomic mass is 127. The van der Waals surface area contributed by atoms with Gasteiger partial charge in [0.25, 0.3) is 5.69 Å². The van der Waals surface area contributed by atoms with Gasteiger partial charge < -0.3 is 0 Å². The van der Waals surface area contributed by atoms with Crippen molar-refractivity contribution in [3.8, 4) is 5.69 Å². The first-order valence-electron chi connectivity index (χ1n) is 6.19. The first-order valence-corrected chi connectivity index (χ1v) is 7.27. The predicted octanol–water partition coefficient (Wildman–Crippen LogP) is 3.65. The van der Waals surface area contributed by atoms with E-state index >= 15 is 0 Å². The van der Waals surface area contributed by atoms with Crippen LogP contribution >= 0.6 is 22.6 Å². The molecule has 106 valence electrons. The Balaban J connectivity index is 2.71. The van der Waals surface area contributed by atoms with E-state index in [0.717, 1.165) is 17.8 Å². The van der Waals surface area contributed by atoms with Crippen LogP contribution in [0.15, 0.2) is 18.2 Å². The second kappa shape index (κ2) is 5.86. The maximum Gasteiger partial charge on any atom is 0.296 e. The molecule has 0 aliphatic carbocycles. The summed E-state index contributed by atoms with van der Waals surface area (Å²) in [6, 6.07) is 4.29. The van der Waals surface area contributed by atoms with Crippen molar-refractivity contribution >= 4 is 28.3 Å². The number of aromatic nitrogens is 2. The zero-order valence-corrected chi connectivity index (χ0v) is 13.2. The Labute approximate surface area is 129 Å². The molecule has 0 aliphatic rings. The lowest BCUT2D eigenvalue weighted by molar-refractivity contribution is -0.384. The molecule has 2 aromatic rings. The van der Waals surface area contributed by atoms with Gasteiger partial charge >= 0.3 is 0 Å². The van der Waals surface area contributed by atoms with Crippen LogP contribution in [0.2, 0.25) is 0 Å². The Morgan fingerprint density at radius 2 is 2.05 bits per heavy atom. The molecule has 0 saturated carbocycles. The fourth-order valence-electron chi connectivity index (χ4n) is 1.95. The molecule has 0 aliphatic heterocycles. The lowest BCUT2D eigenvalue weighted by atomic mass is 10.2. The van der Waals surface area contributed by atoms with Gasteiger partial charge in [0, 0.05) is 17.8 Å². The van der Waals surface area contributed by atoms with Crippen molar-refractivity contribution < 1.29 is 9.31 Å².